The molecule has 0 aliphatic carbocycles. The lowest BCUT2D eigenvalue weighted by atomic mass is 9.84. The minimum atomic E-state index is 0.274. The van der Waals surface area contributed by atoms with Crippen LogP contribution in [0.1, 0.15) is 12.0 Å². The summed E-state index contributed by atoms with van der Waals surface area (Å²) in [6.45, 7) is 4.36. The Morgan fingerprint density at radius 2 is 1.82 bits per heavy atom. The van der Waals surface area contributed by atoms with E-state index in [1.807, 2.05) is 6.07 Å². The molecule has 1 aromatic carbocycles. The van der Waals surface area contributed by atoms with Gasteiger partial charge in [-0.3, -0.25) is 9.80 Å². The third kappa shape index (κ3) is 2.81. The van der Waals surface area contributed by atoms with Gasteiger partial charge in [0.2, 0.25) is 0 Å². The number of rotatable bonds is 5. The summed E-state index contributed by atoms with van der Waals surface area (Å²) in [7, 11) is 5.54. The van der Waals surface area contributed by atoms with Gasteiger partial charge in [-0.15, -0.1) is 0 Å². The number of nitrogens with zero attached hydrogens (tertiary/aromatic N) is 2. The molecular formula is C17H26N2O3. The topological polar surface area (TPSA) is 45.2 Å². The zero-order valence-corrected chi connectivity index (χ0v) is 13.7. The lowest BCUT2D eigenvalue weighted by molar-refractivity contribution is -0.0223. The van der Waals surface area contributed by atoms with Crippen molar-refractivity contribution in [3.05, 3.63) is 23.8 Å². The Morgan fingerprint density at radius 3 is 2.32 bits per heavy atom. The van der Waals surface area contributed by atoms with E-state index in [-0.39, 0.29) is 5.54 Å². The van der Waals surface area contributed by atoms with Crippen molar-refractivity contribution in [2.75, 3.05) is 47.5 Å². The number of aliphatic hydroxyl groups is 1. The number of aliphatic hydroxyl groups excluding tert-OH is 1. The van der Waals surface area contributed by atoms with E-state index < -0.39 is 0 Å². The zero-order valence-electron chi connectivity index (χ0n) is 13.7. The number of hydrogen-bond donors (Lipinski definition) is 1. The Labute approximate surface area is 132 Å². The fourth-order valence-electron chi connectivity index (χ4n) is 3.95. The van der Waals surface area contributed by atoms with Crippen LogP contribution in [0.15, 0.2) is 18.2 Å². The molecule has 2 fully saturated rings. The highest BCUT2D eigenvalue weighted by atomic mass is 16.5. The summed E-state index contributed by atoms with van der Waals surface area (Å²) in [5.41, 5.74) is 1.49. The van der Waals surface area contributed by atoms with E-state index in [0.29, 0.717) is 12.5 Å². The van der Waals surface area contributed by atoms with Gasteiger partial charge >= 0.3 is 0 Å². The molecule has 2 aliphatic heterocycles. The quantitative estimate of drug-likeness (QED) is 0.886. The zero-order chi connectivity index (χ0) is 15.7. The normalized spacial score (nSPS) is 24.5. The summed E-state index contributed by atoms with van der Waals surface area (Å²) < 4.78 is 10.7. The van der Waals surface area contributed by atoms with Crippen LogP contribution < -0.4 is 9.47 Å². The van der Waals surface area contributed by atoms with Gasteiger partial charge in [0.25, 0.3) is 0 Å². The van der Waals surface area contributed by atoms with Crippen LogP contribution in [0, 0.1) is 5.92 Å². The van der Waals surface area contributed by atoms with E-state index in [2.05, 4.69) is 29.0 Å². The fourth-order valence-corrected chi connectivity index (χ4v) is 3.95. The van der Waals surface area contributed by atoms with Crippen LogP contribution >= 0.6 is 0 Å². The van der Waals surface area contributed by atoms with Crippen molar-refractivity contribution >= 4 is 0 Å². The number of hydrogen-bond acceptors (Lipinski definition) is 5. The molecule has 3 rings (SSSR count). The molecule has 0 saturated carbocycles. The molecule has 122 valence electrons. The Morgan fingerprint density at radius 1 is 1.18 bits per heavy atom. The molecule has 1 aromatic rings. The number of likely N-dealkylation sites (N-methyl/N-ethyl adjacent to an activating group) is 1. The van der Waals surface area contributed by atoms with Crippen molar-refractivity contribution in [1.29, 1.82) is 0 Å². The molecule has 1 spiro atoms. The van der Waals surface area contributed by atoms with Gasteiger partial charge in [-0.2, -0.15) is 0 Å². The Hall–Kier alpha value is -1.30. The standard InChI is InChI=1S/C17H26N2O3/c1-18-8-14(10-20)7-17(18)11-19(12-17)9-13-4-15(21-2)6-16(5-13)22-3/h4-6,14,20H,7-12H2,1-3H3/t14-/m0/s1. The van der Waals surface area contributed by atoms with Crippen LogP contribution in [0.3, 0.4) is 0 Å². The molecule has 22 heavy (non-hydrogen) atoms. The van der Waals surface area contributed by atoms with Crippen LogP contribution in [0.4, 0.5) is 0 Å². The van der Waals surface area contributed by atoms with Crippen LogP contribution in [0.5, 0.6) is 11.5 Å². The number of likely N-dealkylation sites (tertiary alicyclic amines) is 2. The molecule has 0 bridgehead atoms. The summed E-state index contributed by atoms with van der Waals surface area (Å²) >= 11 is 0. The Balaban J connectivity index is 1.62. The third-order valence-electron chi connectivity index (χ3n) is 5.12. The van der Waals surface area contributed by atoms with Crippen molar-refractivity contribution in [3.63, 3.8) is 0 Å². The average molecular weight is 306 g/mol. The molecule has 2 heterocycles. The molecule has 5 nitrogen and oxygen atoms in total. The van der Waals surface area contributed by atoms with Crippen LogP contribution in [-0.2, 0) is 6.54 Å². The molecule has 0 radical (unpaired) electrons. The smallest absolute Gasteiger partial charge is 0.122 e. The van der Waals surface area contributed by atoms with Gasteiger partial charge in [0, 0.05) is 44.4 Å². The average Bonchev–Trinajstić information content (AvgIpc) is 2.83. The molecule has 1 N–H and O–H groups in total. The first-order chi connectivity index (χ1) is 10.6. The number of benzene rings is 1. The SMILES string of the molecule is COc1cc(CN2CC3(C[C@H](CO)CN3C)C2)cc(OC)c1. The Bertz CT molecular complexity index is 506. The molecule has 1 atom stereocenters. The molecule has 0 amide bonds. The van der Waals surface area contributed by atoms with Gasteiger partial charge in [0.1, 0.15) is 11.5 Å². The highest BCUT2D eigenvalue weighted by Gasteiger charge is 2.51. The van der Waals surface area contributed by atoms with Crippen molar-refractivity contribution in [3.8, 4) is 11.5 Å². The predicted octanol–water partition coefficient (Wildman–Crippen LogP) is 1.20. The second-order valence-electron chi connectivity index (χ2n) is 6.72. The maximum atomic E-state index is 9.38. The second kappa shape index (κ2) is 6.07. The Kier molecular flexibility index (Phi) is 4.30. The van der Waals surface area contributed by atoms with Crippen molar-refractivity contribution in [1.82, 2.24) is 9.80 Å². The minimum absolute atomic E-state index is 0.274. The molecule has 5 heteroatoms. The lowest BCUT2D eigenvalue weighted by Crippen LogP contribution is -2.66. The van der Waals surface area contributed by atoms with E-state index in [9.17, 15) is 5.11 Å². The maximum absolute atomic E-state index is 9.38. The van der Waals surface area contributed by atoms with Gasteiger partial charge in [-0.1, -0.05) is 0 Å². The summed E-state index contributed by atoms with van der Waals surface area (Å²) in [6.07, 6.45) is 1.11. The molecule has 0 aromatic heterocycles. The van der Waals surface area contributed by atoms with E-state index in [4.69, 9.17) is 9.47 Å². The van der Waals surface area contributed by atoms with Crippen LogP contribution in [-0.4, -0.2) is 68.0 Å². The third-order valence-corrected chi connectivity index (χ3v) is 5.12. The number of methoxy groups -OCH3 is 2. The first-order valence-electron chi connectivity index (χ1n) is 7.85. The first-order valence-corrected chi connectivity index (χ1v) is 7.85. The second-order valence-corrected chi connectivity index (χ2v) is 6.72. The molecular weight excluding hydrogens is 280 g/mol. The van der Waals surface area contributed by atoms with Gasteiger partial charge in [-0.25, -0.2) is 0 Å². The highest BCUT2D eigenvalue weighted by molar-refractivity contribution is 5.38. The monoisotopic (exact) mass is 306 g/mol. The van der Waals surface area contributed by atoms with Crippen molar-refractivity contribution in [2.24, 2.45) is 5.92 Å². The summed E-state index contributed by atoms with van der Waals surface area (Å²) in [4.78, 5) is 4.88. The molecule has 2 saturated heterocycles. The summed E-state index contributed by atoms with van der Waals surface area (Å²) in [5, 5.41) is 9.38. The van der Waals surface area contributed by atoms with E-state index in [0.717, 1.165) is 44.1 Å². The lowest BCUT2D eigenvalue weighted by Gasteiger charge is -2.52. The van der Waals surface area contributed by atoms with Gasteiger partial charge in [-0.05, 0) is 37.1 Å². The minimum Gasteiger partial charge on any atom is -0.497 e. The molecule has 0 unspecified atom stereocenters. The maximum Gasteiger partial charge on any atom is 0.122 e. The summed E-state index contributed by atoms with van der Waals surface area (Å²) in [6, 6.07) is 6.04. The fraction of sp³-hybridized carbons (Fsp3) is 0.647. The van der Waals surface area contributed by atoms with Gasteiger partial charge < -0.3 is 14.6 Å². The number of ether oxygens (including phenoxy) is 2. The van der Waals surface area contributed by atoms with Crippen molar-refractivity contribution < 1.29 is 14.6 Å². The predicted molar refractivity (Wildman–Crippen MR) is 85.4 cm³/mol. The first kappa shape index (κ1) is 15.6. The van der Waals surface area contributed by atoms with E-state index in [1.54, 1.807) is 14.2 Å². The summed E-state index contributed by atoms with van der Waals surface area (Å²) in [5.74, 6) is 2.11. The van der Waals surface area contributed by atoms with Crippen LogP contribution in [0.25, 0.3) is 0 Å². The highest BCUT2D eigenvalue weighted by Crippen LogP contribution is 2.40. The molecule has 2 aliphatic rings. The van der Waals surface area contributed by atoms with Crippen LogP contribution in [0.2, 0.25) is 0 Å². The largest absolute Gasteiger partial charge is 0.497 e. The van der Waals surface area contributed by atoms with E-state index in [1.165, 1.54) is 5.56 Å². The van der Waals surface area contributed by atoms with Crippen molar-refractivity contribution in [2.45, 2.75) is 18.5 Å². The van der Waals surface area contributed by atoms with Gasteiger partial charge in [0.15, 0.2) is 0 Å². The van der Waals surface area contributed by atoms with Gasteiger partial charge in [0.05, 0.1) is 14.2 Å². The van der Waals surface area contributed by atoms with E-state index >= 15 is 0 Å².